The van der Waals surface area contributed by atoms with Crippen LogP contribution in [0.15, 0.2) is 30.3 Å². The van der Waals surface area contributed by atoms with Gasteiger partial charge in [-0.2, -0.15) is 0 Å². The molecule has 0 radical (unpaired) electrons. The molecule has 5 N–H and O–H groups in total. The van der Waals surface area contributed by atoms with Crippen molar-refractivity contribution in [2.75, 3.05) is 6.54 Å². The van der Waals surface area contributed by atoms with Crippen LogP contribution in [0.2, 0.25) is 0 Å². The van der Waals surface area contributed by atoms with Gasteiger partial charge in [-0.3, -0.25) is 14.2 Å². The topological polar surface area (TPSA) is 166 Å². The summed E-state index contributed by atoms with van der Waals surface area (Å²) in [6.45, 7) is 4.96. The van der Waals surface area contributed by atoms with Crippen LogP contribution in [0.4, 0.5) is 4.79 Å². The third-order valence-corrected chi connectivity index (χ3v) is 5.24. The summed E-state index contributed by atoms with van der Waals surface area (Å²) < 4.78 is 20.9. The molecule has 1 aliphatic heterocycles. The number of rotatable bonds is 7. The summed E-state index contributed by atoms with van der Waals surface area (Å²) in [5.41, 5.74) is -0.722. The normalized spacial score (nSPS) is 22.3. The van der Waals surface area contributed by atoms with Gasteiger partial charge in [0.15, 0.2) is 0 Å². The molecule has 11 nitrogen and oxygen atoms in total. The number of amides is 1. The second kappa shape index (κ2) is 9.42. The van der Waals surface area contributed by atoms with Crippen LogP contribution in [-0.4, -0.2) is 67.9 Å². The zero-order chi connectivity index (χ0) is 22.7. The summed E-state index contributed by atoms with van der Waals surface area (Å²) in [6.07, 6.45) is -3.66. The summed E-state index contributed by atoms with van der Waals surface area (Å²) in [4.78, 5) is 43.2. The molecule has 0 spiro atoms. The molecule has 1 unspecified atom stereocenters. The lowest BCUT2D eigenvalue weighted by Crippen LogP contribution is -2.59. The molecule has 1 heterocycles. The molecular weight excluding hydrogens is 419 g/mol. The second-order valence-corrected chi connectivity index (χ2v) is 9.30. The van der Waals surface area contributed by atoms with Crippen molar-refractivity contribution < 1.29 is 43.4 Å². The highest BCUT2D eigenvalue weighted by Crippen LogP contribution is 2.41. The predicted molar refractivity (Wildman–Crippen MR) is 105 cm³/mol. The molecule has 1 fully saturated rings. The van der Waals surface area contributed by atoms with Gasteiger partial charge in [-0.05, 0) is 17.5 Å². The molecule has 1 amide bonds. The van der Waals surface area contributed by atoms with Gasteiger partial charge in [-0.15, -0.1) is 0 Å². The number of aliphatic hydroxyl groups excluding tert-OH is 1. The van der Waals surface area contributed by atoms with Gasteiger partial charge in [0.1, 0.15) is 18.0 Å². The van der Waals surface area contributed by atoms with Crippen molar-refractivity contribution in [1.82, 2.24) is 10.2 Å². The lowest BCUT2D eigenvalue weighted by atomic mass is 9.85. The Labute approximate surface area is 173 Å². The predicted octanol–water partition coefficient (Wildman–Crippen LogP) is 1.14. The van der Waals surface area contributed by atoms with Crippen molar-refractivity contribution >= 4 is 19.9 Å². The van der Waals surface area contributed by atoms with Crippen molar-refractivity contribution in [2.24, 2.45) is 5.41 Å². The second-order valence-electron chi connectivity index (χ2n) is 8.11. The third-order valence-electron chi connectivity index (χ3n) is 4.67. The van der Waals surface area contributed by atoms with Gasteiger partial charge >= 0.3 is 19.9 Å². The van der Waals surface area contributed by atoms with Crippen LogP contribution >= 0.6 is 7.82 Å². The number of hydrogen-bond donors (Lipinski definition) is 5. The average Bonchev–Trinajstić information content (AvgIpc) is 3.01. The summed E-state index contributed by atoms with van der Waals surface area (Å²) in [5.74, 6) is -0.998. The Morgan fingerprint density at radius 3 is 2.33 bits per heavy atom. The molecular formula is C18H27N2O9P. The number of carboxylic acids is 1. The lowest BCUT2D eigenvalue weighted by molar-refractivity contribution is -0.148. The average molecular weight is 446 g/mol. The molecule has 2 rings (SSSR count). The number of phosphoric acid groups is 1. The van der Waals surface area contributed by atoms with Gasteiger partial charge in [0.25, 0.3) is 0 Å². The number of ether oxygens (including phenoxy) is 1. The van der Waals surface area contributed by atoms with E-state index in [4.69, 9.17) is 14.5 Å². The van der Waals surface area contributed by atoms with Crippen molar-refractivity contribution in [2.45, 2.75) is 51.6 Å². The number of hydrogen-bond acceptors (Lipinski definition) is 7. The number of phosphoric ester groups is 1. The first-order valence-electron chi connectivity index (χ1n) is 9.22. The first-order chi connectivity index (χ1) is 13.8. The van der Waals surface area contributed by atoms with Crippen molar-refractivity contribution in [3.63, 3.8) is 0 Å². The number of aliphatic hydroxyl groups is 1. The molecule has 1 aromatic rings. The summed E-state index contributed by atoms with van der Waals surface area (Å²) >= 11 is 0. The Kier molecular flexibility index (Phi) is 7.62. The Morgan fingerprint density at radius 1 is 1.23 bits per heavy atom. The Bertz CT molecular complexity index is 793. The van der Waals surface area contributed by atoms with Crippen molar-refractivity contribution in [3.05, 3.63) is 30.3 Å². The smallest absolute Gasteiger partial charge is 0.469 e. The minimum Gasteiger partial charge on any atom is -0.480 e. The lowest BCUT2D eigenvalue weighted by Gasteiger charge is -2.39. The largest absolute Gasteiger partial charge is 0.480 e. The summed E-state index contributed by atoms with van der Waals surface area (Å²) in [7, 11) is -4.84. The Balaban J connectivity index is 2.18. The Morgan fingerprint density at radius 2 is 1.83 bits per heavy atom. The maximum atomic E-state index is 12.3. The minimum atomic E-state index is -4.84. The minimum absolute atomic E-state index is 0.233. The van der Waals surface area contributed by atoms with E-state index < -0.39 is 49.7 Å². The number of nitrogens with zero attached hydrogens (tertiary/aromatic N) is 1. The van der Waals surface area contributed by atoms with Crippen LogP contribution in [0, 0.1) is 5.41 Å². The van der Waals surface area contributed by atoms with Crippen molar-refractivity contribution in [3.8, 4) is 5.75 Å². The van der Waals surface area contributed by atoms with Gasteiger partial charge in [0.05, 0.1) is 12.1 Å². The molecule has 168 valence electrons. The number of carboxylic acid groups (broad SMARTS) is 1. The maximum Gasteiger partial charge on any atom is 0.469 e. The highest BCUT2D eigenvalue weighted by atomic mass is 31.2. The standard InChI is InChI=1S/C18H27N2O9P/c1-18(2,3)14(19-17(24)28-11-7-5-4-6-8-11)15(21)20-10-12(29-30(25,26)27)9-13(20)16(22)23/h4-8,12-15,21H,9-10H2,1-3H3,(H,19,24)(H,22,23)(H2,25,26,27)/t12-,13+,14-,15?/m1/s1. The van der Waals surface area contributed by atoms with Crippen LogP contribution in [0.5, 0.6) is 5.75 Å². The van der Waals surface area contributed by atoms with Gasteiger partial charge in [0, 0.05) is 13.0 Å². The van der Waals surface area contributed by atoms with E-state index in [9.17, 15) is 24.4 Å². The van der Waals surface area contributed by atoms with Crippen LogP contribution in [0.1, 0.15) is 27.2 Å². The van der Waals surface area contributed by atoms with E-state index >= 15 is 0 Å². The highest BCUT2D eigenvalue weighted by molar-refractivity contribution is 7.46. The molecule has 1 aliphatic rings. The van der Waals surface area contributed by atoms with Gasteiger partial charge in [-0.1, -0.05) is 39.0 Å². The number of para-hydroxylation sites is 1. The van der Waals surface area contributed by atoms with Gasteiger partial charge in [-0.25, -0.2) is 9.36 Å². The highest BCUT2D eigenvalue weighted by Gasteiger charge is 2.47. The SMILES string of the molecule is CC(C)(C)[C@H](NC(=O)Oc1ccccc1)C(O)N1C[C@H](OP(=O)(O)O)C[C@H]1C(=O)O. The van der Waals surface area contributed by atoms with Gasteiger partial charge in [0.2, 0.25) is 0 Å². The number of nitrogens with one attached hydrogen (secondary N) is 1. The van der Waals surface area contributed by atoms with Crippen molar-refractivity contribution in [1.29, 1.82) is 0 Å². The number of likely N-dealkylation sites (tertiary alicyclic amines) is 1. The quantitative estimate of drug-likeness (QED) is 0.383. The molecule has 0 saturated carbocycles. The van der Waals surface area contributed by atoms with E-state index in [1.54, 1.807) is 51.1 Å². The molecule has 1 aromatic carbocycles. The molecule has 30 heavy (non-hydrogen) atoms. The van der Waals surface area contributed by atoms with E-state index in [0.717, 1.165) is 4.90 Å². The monoisotopic (exact) mass is 446 g/mol. The molecule has 12 heteroatoms. The fourth-order valence-corrected chi connectivity index (χ4v) is 3.85. The number of carbonyl (C=O) groups excluding carboxylic acids is 1. The summed E-state index contributed by atoms with van der Waals surface area (Å²) in [6, 6.07) is 6.04. The molecule has 4 atom stereocenters. The molecule has 1 saturated heterocycles. The molecule has 0 aromatic heterocycles. The van der Waals surface area contributed by atoms with E-state index in [0.29, 0.717) is 0 Å². The van der Waals surface area contributed by atoms with Crippen LogP contribution < -0.4 is 10.1 Å². The molecule has 0 aliphatic carbocycles. The maximum absolute atomic E-state index is 12.3. The van der Waals surface area contributed by atoms with Crippen LogP contribution in [0.25, 0.3) is 0 Å². The first-order valence-corrected chi connectivity index (χ1v) is 10.7. The molecule has 0 bridgehead atoms. The van der Waals surface area contributed by atoms with Crippen LogP contribution in [0.3, 0.4) is 0 Å². The number of aliphatic carboxylic acids is 1. The zero-order valence-corrected chi connectivity index (χ0v) is 17.7. The third kappa shape index (κ3) is 6.76. The van der Waals surface area contributed by atoms with E-state index in [2.05, 4.69) is 9.84 Å². The Hall–Kier alpha value is -2.01. The van der Waals surface area contributed by atoms with E-state index in [1.165, 1.54) is 0 Å². The first kappa shape index (κ1) is 24.3. The van der Waals surface area contributed by atoms with E-state index in [1.807, 2.05) is 0 Å². The number of benzene rings is 1. The number of carbonyl (C=O) groups is 2. The van der Waals surface area contributed by atoms with Gasteiger partial charge < -0.3 is 30.1 Å². The van der Waals surface area contributed by atoms with Crippen LogP contribution in [-0.2, 0) is 13.9 Å². The fourth-order valence-electron chi connectivity index (χ4n) is 3.31. The zero-order valence-electron chi connectivity index (χ0n) is 16.8. The summed E-state index contributed by atoms with van der Waals surface area (Å²) in [5, 5.41) is 23.0. The van der Waals surface area contributed by atoms with E-state index in [-0.39, 0.29) is 18.7 Å². The fraction of sp³-hybridized carbons (Fsp3) is 0.556.